The summed E-state index contributed by atoms with van der Waals surface area (Å²) in [5.41, 5.74) is 1.06. The molecule has 2 nitrogen and oxygen atoms in total. The molecular weight excluding hydrogens is 252 g/mol. The quantitative estimate of drug-likeness (QED) is 0.668. The van der Waals surface area contributed by atoms with Crippen LogP contribution >= 0.6 is 27.3 Å². The van der Waals surface area contributed by atoms with Crippen LogP contribution in [0.2, 0.25) is 0 Å². The lowest BCUT2D eigenvalue weighted by Gasteiger charge is -1.84. The van der Waals surface area contributed by atoms with Crippen LogP contribution in [0.4, 0.5) is 0 Å². The van der Waals surface area contributed by atoms with E-state index in [4.69, 9.17) is 5.11 Å². The molecule has 68 valence electrons. The number of rotatable bonds is 3. The Labute approximate surface area is 88.3 Å². The first kappa shape index (κ1) is 10.2. The highest BCUT2D eigenvalue weighted by molar-refractivity contribution is 9.10. The van der Waals surface area contributed by atoms with Crippen molar-refractivity contribution in [2.75, 3.05) is 0 Å². The fraction of sp³-hybridized carbons (Fsp3) is 0. The number of hydrogen-bond donors (Lipinski definition) is 1. The van der Waals surface area contributed by atoms with Gasteiger partial charge in [-0.3, -0.25) is 0 Å². The van der Waals surface area contributed by atoms with E-state index in [9.17, 15) is 4.79 Å². The molecule has 0 aliphatic heterocycles. The molecule has 1 heterocycles. The van der Waals surface area contributed by atoms with Crippen molar-refractivity contribution < 1.29 is 9.90 Å². The SMILES string of the molecule is O=C(O)/C=C/C=C/c1cscc1Br. The van der Waals surface area contributed by atoms with E-state index in [0.29, 0.717) is 0 Å². The average molecular weight is 259 g/mol. The summed E-state index contributed by atoms with van der Waals surface area (Å²) >= 11 is 4.96. The molecule has 0 bridgehead atoms. The van der Waals surface area contributed by atoms with Gasteiger partial charge in [-0.2, -0.15) is 11.3 Å². The molecule has 0 aliphatic carbocycles. The molecule has 0 atom stereocenters. The number of hydrogen-bond acceptors (Lipinski definition) is 2. The highest BCUT2D eigenvalue weighted by atomic mass is 79.9. The van der Waals surface area contributed by atoms with Gasteiger partial charge in [0.25, 0.3) is 0 Å². The van der Waals surface area contributed by atoms with Crippen LogP contribution in [0.3, 0.4) is 0 Å². The minimum absolute atomic E-state index is 0.936. The lowest BCUT2D eigenvalue weighted by atomic mass is 10.3. The molecule has 0 saturated carbocycles. The Balaban J connectivity index is 2.59. The van der Waals surface area contributed by atoms with E-state index in [1.165, 1.54) is 6.08 Å². The monoisotopic (exact) mass is 258 g/mol. The fourth-order valence-corrected chi connectivity index (χ4v) is 2.11. The summed E-state index contributed by atoms with van der Waals surface area (Å²) in [4.78, 5) is 10.1. The first-order valence-corrected chi connectivity index (χ1v) is 5.23. The molecule has 13 heavy (non-hydrogen) atoms. The van der Waals surface area contributed by atoms with Gasteiger partial charge in [0.1, 0.15) is 0 Å². The van der Waals surface area contributed by atoms with Crippen LogP contribution in [0, 0.1) is 0 Å². The van der Waals surface area contributed by atoms with E-state index in [2.05, 4.69) is 15.9 Å². The standard InChI is InChI=1S/C9H7BrO2S/c10-8-6-13-5-7(8)3-1-2-4-9(11)12/h1-6H,(H,11,12)/b3-1+,4-2+. The summed E-state index contributed by atoms with van der Waals surface area (Å²) in [6.07, 6.45) is 6.13. The molecule has 1 aromatic heterocycles. The van der Waals surface area contributed by atoms with Gasteiger partial charge >= 0.3 is 5.97 Å². The zero-order chi connectivity index (χ0) is 9.68. The van der Waals surface area contributed by atoms with E-state index in [0.717, 1.165) is 16.1 Å². The van der Waals surface area contributed by atoms with Gasteiger partial charge in [0.15, 0.2) is 0 Å². The second kappa shape index (κ2) is 4.99. The first-order valence-electron chi connectivity index (χ1n) is 3.49. The summed E-state index contributed by atoms with van der Waals surface area (Å²) in [5.74, 6) is -0.936. The van der Waals surface area contributed by atoms with E-state index >= 15 is 0 Å². The Bertz CT molecular complexity index is 352. The first-order chi connectivity index (χ1) is 6.20. The van der Waals surface area contributed by atoms with Crippen molar-refractivity contribution in [1.82, 2.24) is 0 Å². The van der Waals surface area contributed by atoms with Crippen molar-refractivity contribution in [3.8, 4) is 0 Å². The second-order valence-corrected chi connectivity index (χ2v) is 3.83. The van der Waals surface area contributed by atoms with Crippen LogP contribution in [0.5, 0.6) is 0 Å². The summed E-state index contributed by atoms with van der Waals surface area (Å²) in [5, 5.41) is 12.3. The third-order valence-corrected chi connectivity index (χ3v) is 3.02. The van der Waals surface area contributed by atoms with Gasteiger partial charge < -0.3 is 5.11 Å². The molecule has 0 radical (unpaired) electrons. The van der Waals surface area contributed by atoms with Gasteiger partial charge in [0, 0.05) is 15.9 Å². The average Bonchev–Trinajstić information content (AvgIpc) is 2.45. The van der Waals surface area contributed by atoms with Crippen molar-refractivity contribution in [2.45, 2.75) is 0 Å². The zero-order valence-electron chi connectivity index (χ0n) is 6.61. The number of carbonyl (C=O) groups is 1. The number of carboxylic acids is 1. The van der Waals surface area contributed by atoms with Gasteiger partial charge in [-0.05, 0) is 26.9 Å². The lowest BCUT2D eigenvalue weighted by molar-refractivity contribution is -0.131. The molecule has 0 aromatic carbocycles. The Hall–Kier alpha value is -0.870. The van der Waals surface area contributed by atoms with Crippen molar-refractivity contribution >= 4 is 39.3 Å². The number of carboxylic acid groups (broad SMARTS) is 1. The summed E-state index contributed by atoms with van der Waals surface area (Å²) < 4.78 is 1.03. The molecule has 4 heteroatoms. The van der Waals surface area contributed by atoms with Crippen molar-refractivity contribution in [1.29, 1.82) is 0 Å². The molecule has 1 rings (SSSR count). The predicted molar refractivity (Wildman–Crippen MR) is 57.8 cm³/mol. The Morgan fingerprint density at radius 2 is 2.23 bits per heavy atom. The zero-order valence-corrected chi connectivity index (χ0v) is 9.01. The largest absolute Gasteiger partial charge is 0.478 e. The molecule has 0 spiro atoms. The Kier molecular flexibility index (Phi) is 3.92. The normalized spacial score (nSPS) is 11.5. The van der Waals surface area contributed by atoms with E-state index in [1.54, 1.807) is 17.4 Å². The minimum atomic E-state index is -0.936. The third kappa shape index (κ3) is 3.57. The minimum Gasteiger partial charge on any atom is -0.478 e. The molecular formula is C9H7BrO2S. The van der Waals surface area contributed by atoms with Crippen molar-refractivity contribution in [3.05, 3.63) is 39.0 Å². The molecule has 1 N–H and O–H groups in total. The highest BCUT2D eigenvalue weighted by Crippen LogP contribution is 2.22. The van der Waals surface area contributed by atoms with Crippen LogP contribution in [0.1, 0.15) is 5.56 Å². The van der Waals surface area contributed by atoms with Gasteiger partial charge in [0.2, 0.25) is 0 Å². The molecule has 0 unspecified atom stereocenters. The van der Waals surface area contributed by atoms with Crippen LogP contribution in [0.15, 0.2) is 33.5 Å². The maximum Gasteiger partial charge on any atom is 0.328 e. The van der Waals surface area contributed by atoms with E-state index in [1.807, 2.05) is 16.8 Å². The van der Waals surface area contributed by atoms with Crippen LogP contribution in [-0.4, -0.2) is 11.1 Å². The molecule has 0 aliphatic rings. The molecule has 0 amide bonds. The van der Waals surface area contributed by atoms with Gasteiger partial charge in [-0.15, -0.1) is 0 Å². The topological polar surface area (TPSA) is 37.3 Å². The van der Waals surface area contributed by atoms with Crippen LogP contribution in [-0.2, 0) is 4.79 Å². The van der Waals surface area contributed by atoms with Gasteiger partial charge in [-0.25, -0.2) is 4.79 Å². The lowest BCUT2D eigenvalue weighted by Crippen LogP contribution is -1.84. The Morgan fingerprint density at radius 1 is 1.46 bits per heavy atom. The number of halogens is 1. The second-order valence-electron chi connectivity index (χ2n) is 2.23. The van der Waals surface area contributed by atoms with Crippen LogP contribution in [0.25, 0.3) is 6.08 Å². The third-order valence-electron chi connectivity index (χ3n) is 1.27. The summed E-state index contributed by atoms with van der Waals surface area (Å²) in [6, 6.07) is 0. The van der Waals surface area contributed by atoms with Crippen molar-refractivity contribution in [3.63, 3.8) is 0 Å². The maximum absolute atomic E-state index is 10.1. The predicted octanol–water partition coefficient (Wildman–Crippen LogP) is 3.16. The van der Waals surface area contributed by atoms with E-state index in [-0.39, 0.29) is 0 Å². The number of aliphatic carboxylic acids is 1. The maximum atomic E-state index is 10.1. The summed E-state index contributed by atoms with van der Waals surface area (Å²) in [7, 11) is 0. The summed E-state index contributed by atoms with van der Waals surface area (Å²) in [6.45, 7) is 0. The van der Waals surface area contributed by atoms with E-state index < -0.39 is 5.97 Å². The van der Waals surface area contributed by atoms with Crippen LogP contribution < -0.4 is 0 Å². The number of allylic oxidation sites excluding steroid dienone is 2. The van der Waals surface area contributed by atoms with Crippen molar-refractivity contribution in [2.24, 2.45) is 0 Å². The molecule has 0 fully saturated rings. The van der Waals surface area contributed by atoms with Gasteiger partial charge in [-0.1, -0.05) is 18.2 Å². The van der Waals surface area contributed by atoms with Gasteiger partial charge in [0.05, 0.1) is 0 Å². The molecule has 0 saturated heterocycles. The number of thiophene rings is 1. The molecule has 1 aromatic rings. The highest BCUT2D eigenvalue weighted by Gasteiger charge is 1.93. The smallest absolute Gasteiger partial charge is 0.328 e. The fourth-order valence-electron chi connectivity index (χ4n) is 0.707. The Morgan fingerprint density at radius 3 is 2.77 bits per heavy atom.